The molecule has 2 heterocycles. The van der Waals surface area contributed by atoms with Crippen molar-refractivity contribution < 1.29 is 14.4 Å². The van der Waals surface area contributed by atoms with Crippen LogP contribution < -0.4 is 5.32 Å². The van der Waals surface area contributed by atoms with E-state index in [0.29, 0.717) is 39.1 Å². The Morgan fingerprint density at radius 1 is 1.20 bits per heavy atom. The highest BCUT2D eigenvalue weighted by molar-refractivity contribution is 5.80. The van der Waals surface area contributed by atoms with Crippen molar-refractivity contribution in [2.24, 2.45) is 5.41 Å². The highest BCUT2D eigenvalue weighted by Gasteiger charge is 2.44. The molecule has 1 spiro atoms. The van der Waals surface area contributed by atoms with Gasteiger partial charge in [0.05, 0.1) is 0 Å². The molecular formula is C13H22N4O3. The van der Waals surface area contributed by atoms with Gasteiger partial charge in [-0.2, -0.15) is 0 Å². The number of carbonyl (C=O) groups excluding carboxylic acids is 3. The van der Waals surface area contributed by atoms with Crippen molar-refractivity contribution in [1.82, 2.24) is 20.0 Å². The van der Waals surface area contributed by atoms with Gasteiger partial charge in [0.25, 0.3) is 0 Å². The summed E-state index contributed by atoms with van der Waals surface area (Å²) in [7, 11) is 3.42. The number of rotatable bonds is 0. The van der Waals surface area contributed by atoms with Gasteiger partial charge in [0.15, 0.2) is 0 Å². The lowest BCUT2D eigenvalue weighted by Crippen LogP contribution is -2.47. The number of hydrogen-bond donors (Lipinski definition) is 1. The molecule has 112 valence electrons. The number of nitrogens with one attached hydrogen (secondary N) is 1. The Labute approximate surface area is 118 Å². The monoisotopic (exact) mass is 282 g/mol. The molecule has 0 aliphatic carbocycles. The first-order valence-corrected chi connectivity index (χ1v) is 6.81. The van der Waals surface area contributed by atoms with Gasteiger partial charge in [-0.25, -0.2) is 4.79 Å². The molecule has 0 aromatic heterocycles. The van der Waals surface area contributed by atoms with Crippen molar-refractivity contribution in [3.8, 4) is 0 Å². The second-order valence-electron chi connectivity index (χ2n) is 5.99. The lowest BCUT2D eigenvalue weighted by molar-refractivity contribution is -0.130. The highest BCUT2D eigenvalue weighted by atomic mass is 16.2. The fourth-order valence-corrected chi connectivity index (χ4v) is 2.95. The van der Waals surface area contributed by atoms with Crippen molar-refractivity contribution in [2.75, 3.05) is 46.8 Å². The number of urea groups is 1. The second-order valence-corrected chi connectivity index (χ2v) is 5.99. The molecule has 0 aromatic rings. The molecule has 1 atom stereocenters. The van der Waals surface area contributed by atoms with E-state index in [0.717, 1.165) is 0 Å². The van der Waals surface area contributed by atoms with Crippen LogP contribution in [0, 0.1) is 5.41 Å². The minimum Gasteiger partial charge on any atom is -0.355 e. The van der Waals surface area contributed by atoms with E-state index in [4.69, 9.17) is 0 Å². The Bertz CT molecular complexity index is 437. The summed E-state index contributed by atoms with van der Waals surface area (Å²) in [6.07, 6.45) is 0.369. The van der Waals surface area contributed by atoms with E-state index in [1.54, 1.807) is 23.9 Å². The molecule has 2 aliphatic rings. The Kier molecular flexibility index (Phi) is 3.87. The average molecular weight is 282 g/mol. The van der Waals surface area contributed by atoms with Gasteiger partial charge in [0.2, 0.25) is 11.8 Å². The second kappa shape index (κ2) is 5.30. The van der Waals surface area contributed by atoms with E-state index in [1.807, 2.05) is 0 Å². The fourth-order valence-electron chi connectivity index (χ4n) is 2.95. The zero-order chi connectivity index (χ0) is 14.9. The fraction of sp³-hybridized carbons (Fsp3) is 0.769. The van der Waals surface area contributed by atoms with Gasteiger partial charge < -0.3 is 20.0 Å². The molecule has 2 saturated heterocycles. The van der Waals surface area contributed by atoms with Crippen LogP contribution in [0.2, 0.25) is 0 Å². The van der Waals surface area contributed by atoms with Gasteiger partial charge in [0.1, 0.15) is 0 Å². The van der Waals surface area contributed by atoms with Crippen molar-refractivity contribution in [1.29, 1.82) is 0 Å². The lowest BCUT2D eigenvalue weighted by Gasteiger charge is -2.33. The molecule has 4 amide bonds. The first-order valence-electron chi connectivity index (χ1n) is 6.81. The summed E-state index contributed by atoms with van der Waals surface area (Å²) in [5, 5.41) is 2.83. The molecule has 1 N–H and O–H groups in total. The minimum atomic E-state index is -0.356. The zero-order valence-electron chi connectivity index (χ0n) is 12.3. The van der Waals surface area contributed by atoms with Crippen LogP contribution in [0.5, 0.6) is 0 Å². The molecule has 2 aliphatic heterocycles. The molecule has 0 saturated carbocycles. The maximum absolute atomic E-state index is 12.2. The molecule has 0 aromatic carbocycles. The number of amides is 4. The van der Waals surface area contributed by atoms with E-state index in [2.05, 4.69) is 5.32 Å². The van der Waals surface area contributed by atoms with Gasteiger partial charge in [-0.05, 0) is 0 Å². The van der Waals surface area contributed by atoms with Gasteiger partial charge in [0, 0.05) is 65.6 Å². The zero-order valence-corrected chi connectivity index (χ0v) is 12.3. The first kappa shape index (κ1) is 14.6. The third-order valence-electron chi connectivity index (χ3n) is 3.99. The molecule has 2 fully saturated rings. The van der Waals surface area contributed by atoms with Crippen molar-refractivity contribution in [3.63, 3.8) is 0 Å². The molecule has 2 rings (SSSR count). The molecule has 0 bridgehead atoms. The first-order chi connectivity index (χ1) is 9.33. The standard InChI is InChI=1S/C13H22N4O3/c1-10(18)16-4-5-17(12(20)15(2)3)9-13(8-16)6-11(19)14-7-13/h4-9H2,1-3H3,(H,14,19). The van der Waals surface area contributed by atoms with Crippen molar-refractivity contribution in [3.05, 3.63) is 0 Å². The van der Waals surface area contributed by atoms with Gasteiger partial charge in [-0.3, -0.25) is 9.59 Å². The van der Waals surface area contributed by atoms with Gasteiger partial charge in [-0.1, -0.05) is 0 Å². The maximum Gasteiger partial charge on any atom is 0.319 e. The summed E-state index contributed by atoms with van der Waals surface area (Å²) in [5.41, 5.74) is -0.356. The van der Waals surface area contributed by atoms with E-state index in [-0.39, 0.29) is 23.3 Å². The third kappa shape index (κ3) is 2.86. The summed E-state index contributed by atoms with van der Waals surface area (Å²) in [6, 6.07) is -0.0749. The smallest absolute Gasteiger partial charge is 0.319 e. The molecule has 7 nitrogen and oxygen atoms in total. The lowest BCUT2D eigenvalue weighted by atomic mass is 9.86. The van der Waals surface area contributed by atoms with Crippen LogP contribution in [0.4, 0.5) is 4.79 Å². The molecule has 1 unspecified atom stereocenters. The van der Waals surface area contributed by atoms with Crippen LogP contribution in [0.25, 0.3) is 0 Å². The highest BCUT2D eigenvalue weighted by Crippen LogP contribution is 2.31. The summed E-state index contributed by atoms with van der Waals surface area (Å²) in [4.78, 5) is 40.5. The Balaban J connectivity index is 2.22. The van der Waals surface area contributed by atoms with Gasteiger partial charge >= 0.3 is 6.03 Å². The maximum atomic E-state index is 12.2. The normalized spacial score (nSPS) is 26.4. The summed E-state index contributed by atoms with van der Waals surface area (Å²) in [6.45, 7) is 4.11. The number of carbonyl (C=O) groups is 3. The van der Waals surface area contributed by atoms with Crippen LogP contribution in [-0.4, -0.2) is 79.4 Å². The minimum absolute atomic E-state index is 0.00680. The Hall–Kier alpha value is -1.79. The predicted molar refractivity (Wildman–Crippen MR) is 73.0 cm³/mol. The van der Waals surface area contributed by atoms with Crippen LogP contribution in [0.15, 0.2) is 0 Å². The summed E-state index contributed by atoms with van der Waals surface area (Å²) in [5.74, 6) is -0.0180. The number of nitrogens with zero attached hydrogens (tertiary/aromatic N) is 3. The molecule has 7 heteroatoms. The van der Waals surface area contributed by atoms with Gasteiger partial charge in [-0.15, -0.1) is 0 Å². The van der Waals surface area contributed by atoms with Crippen LogP contribution in [-0.2, 0) is 9.59 Å². The van der Waals surface area contributed by atoms with Crippen LogP contribution >= 0.6 is 0 Å². The van der Waals surface area contributed by atoms with Crippen LogP contribution in [0.3, 0.4) is 0 Å². The molecule has 0 radical (unpaired) electrons. The van der Waals surface area contributed by atoms with Crippen molar-refractivity contribution >= 4 is 17.8 Å². The van der Waals surface area contributed by atoms with E-state index < -0.39 is 0 Å². The number of hydrogen-bond acceptors (Lipinski definition) is 3. The summed E-state index contributed by atoms with van der Waals surface area (Å²) >= 11 is 0. The van der Waals surface area contributed by atoms with Crippen molar-refractivity contribution in [2.45, 2.75) is 13.3 Å². The average Bonchev–Trinajstić information content (AvgIpc) is 2.61. The van der Waals surface area contributed by atoms with E-state index >= 15 is 0 Å². The molecule has 20 heavy (non-hydrogen) atoms. The third-order valence-corrected chi connectivity index (χ3v) is 3.99. The van der Waals surface area contributed by atoms with E-state index in [1.165, 1.54) is 11.8 Å². The predicted octanol–water partition coefficient (Wildman–Crippen LogP) is -0.662. The Morgan fingerprint density at radius 2 is 1.80 bits per heavy atom. The van der Waals surface area contributed by atoms with E-state index in [9.17, 15) is 14.4 Å². The molecular weight excluding hydrogens is 260 g/mol. The SMILES string of the molecule is CC(=O)N1CCN(C(=O)N(C)C)CC2(CNC(=O)C2)C1. The Morgan fingerprint density at radius 3 is 2.30 bits per heavy atom. The summed E-state index contributed by atoms with van der Waals surface area (Å²) < 4.78 is 0. The van der Waals surface area contributed by atoms with Crippen LogP contribution in [0.1, 0.15) is 13.3 Å². The largest absolute Gasteiger partial charge is 0.355 e. The quantitative estimate of drug-likeness (QED) is 0.641. The topological polar surface area (TPSA) is 73.0 Å².